The van der Waals surface area contributed by atoms with Gasteiger partial charge in [0.1, 0.15) is 0 Å². The van der Waals surface area contributed by atoms with Crippen LogP contribution in [0.5, 0.6) is 0 Å². The lowest BCUT2D eigenvalue weighted by molar-refractivity contribution is 0.102. The van der Waals surface area contributed by atoms with Crippen LogP contribution in [-0.2, 0) is 12.8 Å². The summed E-state index contributed by atoms with van der Waals surface area (Å²) in [6, 6.07) is 23.2. The topological polar surface area (TPSA) is 52.9 Å². The summed E-state index contributed by atoms with van der Waals surface area (Å²) in [6.45, 7) is 0. The summed E-state index contributed by atoms with van der Waals surface area (Å²) in [5, 5.41) is 12.5. The van der Waals surface area contributed by atoms with Crippen molar-refractivity contribution in [3.8, 4) is 17.2 Å². The van der Waals surface area contributed by atoms with Crippen LogP contribution in [0.15, 0.2) is 66.7 Å². The first-order valence-corrected chi connectivity index (χ1v) is 9.28. The number of nitriles is 1. The van der Waals surface area contributed by atoms with Gasteiger partial charge in [-0.15, -0.1) is 0 Å². The van der Waals surface area contributed by atoms with Crippen LogP contribution in [0.3, 0.4) is 0 Å². The smallest absolute Gasteiger partial charge is 0.256 e. The molecule has 0 unspecified atom stereocenters. The summed E-state index contributed by atoms with van der Waals surface area (Å²) < 4.78 is 0. The highest BCUT2D eigenvalue weighted by molar-refractivity contribution is 6.09. The van der Waals surface area contributed by atoms with E-state index in [0.29, 0.717) is 11.1 Å². The largest absolute Gasteiger partial charge is 0.322 e. The summed E-state index contributed by atoms with van der Waals surface area (Å²) in [5.74, 6) is -0.141. The molecule has 1 N–H and O–H groups in total. The van der Waals surface area contributed by atoms with E-state index >= 15 is 0 Å². The van der Waals surface area contributed by atoms with Gasteiger partial charge >= 0.3 is 0 Å². The van der Waals surface area contributed by atoms with Crippen molar-refractivity contribution in [1.82, 2.24) is 0 Å². The van der Waals surface area contributed by atoms with Crippen molar-refractivity contribution >= 4 is 11.6 Å². The SMILES string of the molecule is N#Cc1ccccc1-c1ccccc1C(=O)Nc1cccc2c1CCCC2. The minimum Gasteiger partial charge on any atom is -0.322 e. The Balaban J connectivity index is 1.71. The molecule has 0 radical (unpaired) electrons. The van der Waals surface area contributed by atoms with E-state index < -0.39 is 0 Å². The van der Waals surface area contributed by atoms with E-state index in [1.54, 1.807) is 6.07 Å². The number of fused-ring (bicyclic) bond motifs is 1. The maximum atomic E-state index is 13.1. The van der Waals surface area contributed by atoms with Gasteiger partial charge in [-0.2, -0.15) is 5.26 Å². The molecular weight excluding hydrogens is 332 g/mol. The van der Waals surface area contributed by atoms with Gasteiger partial charge in [0.2, 0.25) is 0 Å². The summed E-state index contributed by atoms with van der Waals surface area (Å²) in [7, 11) is 0. The number of hydrogen-bond donors (Lipinski definition) is 1. The second kappa shape index (κ2) is 7.47. The van der Waals surface area contributed by atoms with Gasteiger partial charge in [-0.25, -0.2) is 0 Å². The van der Waals surface area contributed by atoms with Crippen LogP contribution in [0.2, 0.25) is 0 Å². The third-order valence-corrected chi connectivity index (χ3v) is 5.15. The molecule has 27 heavy (non-hydrogen) atoms. The maximum Gasteiger partial charge on any atom is 0.256 e. The van der Waals surface area contributed by atoms with Gasteiger partial charge in [-0.1, -0.05) is 48.5 Å². The van der Waals surface area contributed by atoms with Crippen LogP contribution in [0.4, 0.5) is 5.69 Å². The number of carbonyl (C=O) groups is 1. The number of benzene rings is 3. The molecule has 3 aromatic carbocycles. The van der Waals surface area contributed by atoms with Crippen LogP contribution in [0.25, 0.3) is 11.1 Å². The Morgan fingerprint density at radius 1 is 0.852 bits per heavy atom. The molecule has 0 aromatic heterocycles. The number of aryl methyl sites for hydroxylation is 1. The molecular formula is C24H20N2O. The second-order valence-corrected chi connectivity index (χ2v) is 6.81. The molecule has 3 heteroatoms. The first-order chi connectivity index (χ1) is 13.3. The lowest BCUT2D eigenvalue weighted by Crippen LogP contribution is -2.16. The van der Waals surface area contributed by atoms with Gasteiger partial charge < -0.3 is 5.32 Å². The van der Waals surface area contributed by atoms with Crippen molar-refractivity contribution in [3.05, 3.63) is 89.0 Å². The van der Waals surface area contributed by atoms with Gasteiger partial charge in [0.25, 0.3) is 5.91 Å². The molecule has 0 saturated carbocycles. The highest BCUT2D eigenvalue weighted by atomic mass is 16.1. The molecule has 1 aliphatic rings. The van der Waals surface area contributed by atoms with E-state index in [4.69, 9.17) is 0 Å². The molecule has 3 nitrogen and oxygen atoms in total. The predicted octanol–water partition coefficient (Wildman–Crippen LogP) is 5.36. The van der Waals surface area contributed by atoms with Crippen molar-refractivity contribution in [1.29, 1.82) is 5.26 Å². The Morgan fingerprint density at radius 3 is 2.44 bits per heavy atom. The van der Waals surface area contributed by atoms with Crippen molar-refractivity contribution in [2.75, 3.05) is 5.32 Å². The van der Waals surface area contributed by atoms with E-state index in [1.807, 2.05) is 54.6 Å². The van der Waals surface area contributed by atoms with E-state index in [0.717, 1.165) is 36.1 Å². The molecule has 0 fully saturated rings. The summed E-state index contributed by atoms with van der Waals surface area (Å²) >= 11 is 0. The van der Waals surface area contributed by atoms with Gasteiger partial charge in [0, 0.05) is 16.8 Å². The number of nitrogens with one attached hydrogen (secondary N) is 1. The van der Waals surface area contributed by atoms with Crippen molar-refractivity contribution < 1.29 is 4.79 Å². The second-order valence-electron chi connectivity index (χ2n) is 6.81. The molecule has 132 valence electrons. The van der Waals surface area contributed by atoms with E-state index in [9.17, 15) is 10.1 Å². The summed E-state index contributed by atoms with van der Waals surface area (Å²) in [4.78, 5) is 13.1. The fraction of sp³-hybridized carbons (Fsp3) is 0.167. The lowest BCUT2D eigenvalue weighted by Gasteiger charge is -2.20. The minimum atomic E-state index is -0.141. The average Bonchev–Trinajstić information content (AvgIpc) is 2.74. The molecule has 1 aliphatic carbocycles. The number of amides is 1. The van der Waals surface area contributed by atoms with Crippen molar-refractivity contribution in [3.63, 3.8) is 0 Å². The van der Waals surface area contributed by atoms with Gasteiger partial charge in [-0.05, 0) is 60.6 Å². The molecule has 0 heterocycles. The standard InChI is InChI=1S/C24H20N2O/c25-16-18-9-2-3-11-19(18)21-13-5-6-14-22(21)24(27)26-23-15-7-10-17-8-1-4-12-20(17)23/h2-3,5-7,9-11,13-15H,1,4,8,12H2,(H,26,27). The third-order valence-electron chi connectivity index (χ3n) is 5.15. The quantitative estimate of drug-likeness (QED) is 0.690. The zero-order valence-corrected chi connectivity index (χ0v) is 15.0. The molecule has 0 bridgehead atoms. The van der Waals surface area contributed by atoms with Crippen LogP contribution in [-0.4, -0.2) is 5.91 Å². The number of anilines is 1. The van der Waals surface area contributed by atoms with Crippen LogP contribution in [0.1, 0.15) is 39.9 Å². The number of hydrogen-bond acceptors (Lipinski definition) is 2. The Labute approximate surface area is 159 Å². The highest BCUT2D eigenvalue weighted by Gasteiger charge is 2.18. The number of carbonyl (C=O) groups excluding carboxylic acids is 1. The maximum absolute atomic E-state index is 13.1. The number of nitrogens with zero attached hydrogens (tertiary/aromatic N) is 1. The Morgan fingerprint density at radius 2 is 1.59 bits per heavy atom. The molecule has 3 aromatic rings. The van der Waals surface area contributed by atoms with Crippen LogP contribution >= 0.6 is 0 Å². The van der Waals surface area contributed by atoms with Crippen molar-refractivity contribution in [2.45, 2.75) is 25.7 Å². The highest BCUT2D eigenvalue weighted by Crippen LogP contribution is 2.30. The zero-order chi connectivity index (χ0) is 18.6. The van der Waals surface area contributed by atoms with Crippen LogP contribution < -0.4 is 5.32 Å². The molecule has 0 aliphatic heterocycles. The molecule has 4 rings (SSSR count). The molecule has 0 atom stereocenters. The zero-order valence-electron chi connectivity index (χ0n) is 15.0. The Bertz CT molecular complexity index is 1050. The van der Waals surface area contributed by atoms with E-state index in [1.165, 1.54) is 17.5 Å². The van der Waals surface area contributed by atoms with Crippen molar-refractivity contribution in [2.24, 2.45) is 0 Å². The summed E-state index contributed by atoms with van der Waals surface area (Å²) in [5.41, 5.74) is 6.19. The molecule has 1 amide bonds. The fourth-order valence-electron chi connectivity index (χ4n) is 3.82. The normalized spacial score (nSPS) is 12.7. The minimum absolute atomic E-state index is 0.141. The Kier molecular flexibility index (Phi) is 4.72. The van der Waals surface area contributed by atoms with Gasteiger partial charge in [0.15, 0.2) is 0 Å². The average molecular weight is 352 g/mol. The first-order valence-electron chi connectivity index (χ1n) is 9.28. The van der Waals surface area contributed by atoms with E-state index in [-0.39, 0.29) is 5.91 Å². The van der Waals surface area contributed by atoms with Gasteiger partial charge in [0.05, 0.1) is 11.6 Å². The fourth-order valence-corrected chi connectivity index (χ4v) is 3.82. The molecule has 0 saturated heterocycles. The van der Waals surface area contributed by atoms with Gasteiger partial charge in [-0.3, -0.25) is 4.79 Å². The summed E-state index contributed by atoms with van der Waals surface area (Å²) in [6.07, 6.45) is 4.44. The first kappa shape index (κ1) is 17.1. The lowest BCUT2D eigenvalue weighted by atomic mass is 9.90. The number of rotatable bonds is 3. The Hall–Kier alpha value is -3.38. The monoisotopic (exact) mass is 352 g/mol. The molecule has 0 spiro atoms. The predicted molar refractivity (Wildman–Crippen MR) is 108 cm³/mol. The van der Waals surface area contributed by atoms with E-state index in [2.05, 4.69) is 17.5 Å². The third kappa shape index (κ3) is 3.35. The van der Waals surface area contributed by atoms with Crippen LogP contribution in [0, 0.1) is 11.3 Å².